The second kappa shape index (κ2) is 7.10. The summed E-state index contributed by atoms with van der Waals surface area (Å²) >= 11 is 1.66. The maximum Gasteiger partial charge on any atom is 0.268 e. The van der Waals surface area contributed by atoms with E-state index in [1.807, 2.05) is 37.3 Å². The van der Waals surface area contributed by atoms with Gasteiger partial charge in [-0.1, -0.05) is 12.1 Å². The highest BCUT2D eigenvalue weighted by molar-refractivity contribution is 7.11. The molecule has 1 aliphatic rings. The molecule has 1 amide bonds. The third-order valence-electron chi connectivity index (χ3n) is 4.77. The fourth-order valence-corrected chi connectivity index (χ4v) is 4.22. The van der Waals surface area contributed by atoms with Gasteiger partial charge in [0.15, 0.2) is 6.10 Å². The van der Waals surface area contributed by atoms with Crippen molar-refractivity contribution in [2.24, 2.45) is 0 Å². The van der Waals surface area contributed by atoms with Crippen LogP contribution in [-0.2, 0) is 11.3 Å². The van der Waals surface area contributed by atoms with E-state index in [0.29, 0.717) is 17.9 Å². The van der Waals surface area contributed by atoms with E-state index in [9.17, 15) is 4.79 Å². The number of anilines is 1. The Hall–Kier alpha value is -3.17. The molecule has 0 bridgehead atoms. The molecule has 1 atom stereocenters. The van der Waals surface area contributed by atoms with Crippen LogP contribution in [0.15, 0.2) is 42.5 Å². The van der Waals surface area contributed by atoms with Crippen molar-refractivity contribution in [2.45, 2.75) is 33.4 Å². The Morgan fingerprint density at radius 3 is 2.61 bits per heavy atom. The minimum Gasteiger partial charge on any atom is -0.479 e. The Kier molecular flexibility index (Phi) is 4.62. The molecule has 0 radical (unpaired) electrons. The number of benzene rings is 2. The summed E-state index contributed by atoms with van der Waals surface area (Å²) < 4.78 is 5.82. The number of nitriles is 1. The van der Waals surface area contributed by atoms with Crippen LogP contribution in [0.25, 0.3) is 11.3 Å². The van der Waals surface area contributed by atoms with Crippen molar-refractivity contribution in [2.75, 3.05) is 4.90 Å². The first-order valence-electron chi connectivity index (χ1n) is 9.02. The quantitative estimate of drug-likeness (QED) is 0.656. The van der Waals surface area contributed by atoms with E-state index in [2.05, 4.69) is 18.0 Å². The van der Waals surface area contributed by atoms with E-state index in [1.54, 1.807) is 35.3 Å². The van der Waals surface area contributed by atoms with Crippen molar-refractivity contribution in [3.05, 3.63) is 63.5 Å². The van der Waals surface area contributed by atoms with Crippen LogP contribution in [-0.4, -0.2) is 17.0 Å². The molecule has 2 heterocycles. The number of rotatable bonds is 3. The van der Waals surface area contributed by atoms with E-state index >= 15 is 0 Å². The zero-order valence-electron chi connectivity index (χ0n) is 15.9. The Balaban J connectivity index is 1.75. The SMILES string of the molecule is Cc1nc(-c2ccc3c(c2)N(Cc2ccc(C#N)cc2)C(=O)C(C)O3)c(C)s1. The first kappa shape index (κ1) is 18.2. The molecule has 0 fully saturated rings. The van der Waals surface area contributed by atoms with E-state index in [-0.39, 0.29) is 5.91 Å². The van der Waals surface area contributed by atoms with E-state index in [1.165, 1.54) is 0 Å². The number of aromatic nitrogens is 1. The lowest BCUT2D eigenvalue weighted by Crippen LogP contribution is -2.44. The smallest absolute Gasteiger partial charge is 0.268 e. The minimum absolute atomic E-state index is 0.0832. The van der Waals surface area contributed by atoms with Crippen molar-refractivity contribution in [1.82, 2.24) is 4.98 Å². The first-order chi connectivity index (χ1) is 13.5. The van der Waals surface area contributed by atoms with E-state index in [4.69, 9.17) is 10.00 Å². The third kappa shape index (κ3) is 3.25. The molecule has 1 unspecified atom stereocenters. The van der Waals surface area contributed by atoms with Crippen LogP contribution in [0.2, 0.25) is 0 Å². The summed E-state index contributed by atoms with van der Waals surface area (Å²) in [6.07, 6.45) is -0.542. The molecule has 28 heavy (non-hydrogen) atoms. The number of aryl methyl sites for hydroxylation is 2. The molecule has 5 nitrogen and oxygen atoms in total. The van der Waals surface area contributed by atoms with Crippen molar-refractivity contribution in [3.8, 4) is 23.1 Å². The van der Waals surface area contributed by atoms with Gasteiger partial charge in [-0.05, 0) is 56.7 Å². The van der Waals surface area contributed by atoms with Crippen LogP contribution >= 0.6 is 11.3 Å². The van der Waals surface area contributed by atoms with Crippen LogP contribution in [0.5, 0.6) is 5.75 Å². The summed E-state index contributed by atoms with van der Waals surface area (Å²) in [7, 11) is 0. The summed E-state index contributed by atoms with van der Waals surface area (Å²) in [4.78, 5) is 20.4. The van der Waals surface area contributed by atoms with Gasteiger partial charge in [-0.2, -0.15) is 5.26 Å². The van der Waals surface area contributed by atoms with Crippen LogP contribution in [0.4, 0.5) is 5.69 Å². The highest BCUT2D eigenvalue weighted by Gasteiger charge is 2.32. The second-order valence-electron chi connectivity index (χ2n) is 6.81. The standard InChI is InChI=1S/C22H19N3O2S/c1-13-22(26)25(12-17-6-4-16(11-23)5-7-17)19-10-18(8-9-20(19)27-13)21-14(2)28-15(3)24-21/h4-10,13H,12H2,1-3H3. The van der Waals surface area contributed by atoms with E-state index < -0.39 is 6.10 Å². The maximum atomic E-state index is 12.9. The molecule has 0 saturated heterocycles. The molecule has 1 aromatic heterocycles. The monoisotopic (exact) mass is 389 g/mol. The summed E-state index contributed by atoms with van der Waals surface area (Å²) in [5.41, 5.74) is 4.21. The number of carbonyl (C=O) groups is 1. The van der Waals surface area contributed by atoms with Crippen molar-refractivity contribution < 1.29 is 9.53 Å². The van der Waals surface area contributed by atoms with Gasteiger partial charge in [0, 0.05) is 10.4 Å². The van der Waals surface area contributed by atoms with Gasteiger partial charge in [-0.3, -0.25) is 4.79 Å². The number of fused-ring (bicyclic) bond motifs is 1. The second-order valence-corrected chi connectivity index (χ2v) is 8.22. The molecular formula is C22H19N3O2S. The lowest BCUT2D eigenvalue weighted by molar-refractivity contribution is -0.125. The summed E-state index contributed by atoms with van der Waals surface area (Å²) in [6.45, 7) is 6.23. The molecule has 0 saturated carbocycles. The molecule has 0 N–H and O–H groups in total. The Morgan fingerprint density at radius 2 is 1.96 bits per heavy atom. The molecule has 140 valence electrons. The number of ether oxygens (including phenoxy) is 1. The molecule has 4 rings (SSSR count). The summed E-state index contributed by atoms with van der Waals surface area (Å²) in [5, 5.41) is 10.00. The Labute approximate surface area is 167 Å². The third-order valence-corrected chi connectivity index (χ3v) is 5.65. The van der Waals surface area contributed by atoms with Crippen molar-refractivity contribution >= 4 is 22.9 Å². The molecule has 0 aliphatic carbocycles. The average Bonchev–Trinajstić information content (AvgIpc) is 3.03. The van der Waals surface area contributed by atoms with Crippen molar-refractivity contribution in [1.29, 1.82) is 5.26 Å². The van der Waals surface area contributed by atoms with Gasteiger partial charge in [0.05, 0.1) is 34.6 Å². The highest BCUT2D eigenvalue weighted by atomic mass is 32.1. The minimum atomic E-state index is -0.542. The lowest BCUT2D eigenvalue weighted by atomic mass is 10.1. The number of amides is 1. The Bertz CT molecular complexity index is 1100. The van der Waals surface area contributed by atoms with Gasteiger partial charge in [-0.15, -0.1) is 11.3 Å². The summed E-state index contributed by atoms with van der Waals surface area (Å²) in [6, 6.07) is 15.3. The molecular weight excluding hydrogens is 370 g/mol. The largest absolute Gasteiger partial charge is 0.479 e. The number of carbonyl (C=O) groups excluding carboxylic acids is 1. The molecule has 2 aromatic carbocycles. The lowest BCUT2D eigenvalue weighted by Gasteiger charge is -2.33. The highest BCUT2D eigenvalue weighted by Crippen LogP contribution is 2.39. The fraction of sp³-hybridized carbons (Fsp3) is 0.227. The van der Waals surface area contributed by atoms with Crippen LogP contribution < -0.4 is 9.64 Å². The van der Waals surface area contributed by atoms with Crippen molar-refractivity contribution in [3.63, 3.8) is 0 Å². The normalized spacial score (nSPS) is 15.7. The molecule has 1 aliphatic heterocycles. The first-order valence-corrected chi connectivity index (χ1v) is 9.83. The Morgan fingerprint density at radius 1 is 1.21 bits per heavy atom. The molecule has 6 heteroatoms. The topological polar surface area (TPSA) is 66.2 Å². The maximum absolute atomic E-state index is 12.9. The zero-order chi connectivity index (χ0) is 19.8. The van der Waals surface area contributed by atoms with Gasteiger partial charge in [0.1, 0.15) is 5.75 Å². The van der Waals surface area contributed by atoms with Crippen LogP contribution in [0, 0.1) is 25.2 Å². The fourth-order valence-electron chi connectivity index (χ4n) is 3.38. The summed E-state index contributed by atoms with van der Waals surface area (Å²) in [5.74, 6) is 0.606. The number of hydrogen-bond donors (Lipinski definition) is 0. The van der Waals surface area contributed by atoms with Gasteiger partial charge in [0.2, 0.25) is 0 Å². The number of hydrogen-bond acceptors (Lipinski definition) is 5. The molecule has 0 spiro atoms. The number of thiazole rings is 1. The zero-order valence-corrected chi connectivity index (χ0v) is 16.7. The van der Waals surface area contributed by atoms with Gasteiger partial charge >= 0.3 is 0 Å². The van der Waals surface area contributed by atoms with E-state index in [0.717, 1.165) is 32.4 Å². The average molecular weight is 389 g/mol. The number of nitrogens with zero attached hydrogens (tertiary/aromatic N) is 3. The predicted molar refractivity (Wildman–Crippen MR) is 109 cm³/mol. The molecule has 3 aromatic rings. The predicted octanol–water partition coefficient (Wildman–Crippen LogP) is 4.61. The van der Waals surface area contributed by atoms with Gasteiger partial charge < -0.3 is 9.64 Å². The van der Waals surface area contributed by atoms with Crippen LogP contribution in [0.3, 0.4) is 0 Å². The van der Waals surface area contributed by atoms with Gasteiger partial charge in [0.25, 0.3) is 5.91 Å². The van der Waals surface area contributed by atoms with Crippen LogP contribution in [0.1, 0.15) is 27.9 Å². The van der Waals surface area contributed by atoms with Gasteiger partial charge in [-0.25, -0.2) is 4.98 Å².